The van der Waals surface area contributed by atoms with Crippen LogP contribution >= 0.6 is 0 Å². The summed E-state index contributed by atoms with van der Waals surface area (Å²) in [5.41, 5.74) is -0.0215. The van der Waals surface area contributed by atoms with Gasteiger partial charge in [-0.1, -0.05) is 32.0 Å². The van der Waals surface area contributed by atoms with Crippen LogP contribution in [-0.4, -0.2) is 35.9 Å². The number of nitrogens with zero attached hydrogens (tertiary/aromatic N) is 1. The van der Waals surface area contributed by atoms with Gasteiger partial charge in [-0.05, 0) is 23.4 Å². The first-order valence-corrected chi connectivity index (χ1v) is 6.91. The standard InChI is InChI=1S/C16H19NO4/c1-11(2)10-20-7-8-21-15-13-6-4-3-5-12(13)9-14(17-15)16(18)19/h3-6,9,11H,7-8,10H2,1-2H3,(H,18,19). The third-order valence-electron chi connectivity index (χ3n) is 2.84. The molecule has 21 heavy (non-hydrogen) atoms. The Morgan fingerprint density at radius 2 is 2.05 bits per heavy atom. The van der Waals surface area contributed by atoms with Crippen molar-refractivity contribution in [1.29, 1.82) is 0 Å². The Morgan fingerprint density at radius 3 is 2.76 bits per heavy atom. The minimum atomic E-state index is -1.07. The fourth-order valence-corrected chi connectivity index (χ4v) is 1.90. The monoisotopic (exact) mass is 289 g/mol. The molecule has 0 amide bonds. The van der Waals surface area contributed by atoms with Crippen LogP contribution in [0.4, 0.5) is 0 Å². The summed E-state index contributed by atoms with van der Waals surface area (Å²) in [6, 6.07) is 8.96. The number of aromatic carboxylic acids is 1. The molecule has 1 aromatic carbocycles. The average molecular weight is 289 g/mol. The van der Waals surface area contributed by atoms with Gasteiger partial charge in [-0.3, -0.25) is 0 Å². The number of rotatable bonds is 7. The third kappa shape index (κ3) is 4.16. The van der Waals surface area contributed by atoms with E-state index in [9.17, 15) is 4.79 Å². The first kappa shape index (κ1) is 15.3. The molecule has 0 aliphatic rings. The first-order valence-electron chi connectivity index (χ1n) is 6.91. The molecule has 0 aliphatic heterocycles. The molecule has 0 saturated carbocycles. The Bertz CT molecular complexity index is 625. The molecule has 0 atom stereocenters. The fraction of sp³-hybridized carbons (Fsp3) is 0.375. The Hall–Kier alpha value is -2.14. The maximum atomic E-state index is 11.1. The summed E-state index contributed by atoms with van der Waals surface area (Å²) in [6.45, 7) is 5.61. The summed E-state index contributed by atoms with van der Waals surface area (Å²) in [7, 11) is 0. The Labute approximate surface area is 123 Å². The van der Waals surface area contributed by atoms with Gasteiger partial charge in [0.05, 0.1) is 6.61 Å². The van der Waals surface area contributed by atoms with Crippen LogP contribution in [0.1, 0.15) is 24.3 Å². The van der Waals surface area contributed by atoms with Crippen molar-refractivity contribution in [2.45, 2.75) is 13.8 Å². The highest BCUT2D eigenvalue weighted by molar-refractivity contribution is 5.94. The molecule has 5 nitrogen and oxygen atoms in total. The van der Waals surface area contributed by atoms with Crippen molar-refractivity contribution in [3.8, 4) is 5.88 Å². The number of fused-ring (bicyclic) bond motifs is 1. The highest BCUT2D eigenvalue weighted by Crippen LogP contribution is 2.24. The number of benzene rings is 1. The summed E-state index contributed by atoms with van der Waals surface area (Å²) in [5.74, 6) is -0.264. The van der Waals surface area contributed by atoms with Gasteiger partial charge in [0.2, 0.25) is 5.88 Å². The molecule has 0 fully saturated rings. The highest BCUT2D eigenvalue weighted by atomic mass is 16.5. The van der Waals surface area contributed by atoms with Gasteiger partial charge >= 0.3 is 5.97 Å². The molecule has 2 aromatic rings. The molecule has 1 N–H and O–H groups in total. The smallest absolute Gasteiger partial charge is 0.354 e. The zero-order chi connectivity index (χ0) is 15.2. The zero-order valence-corrected chi connectivity index (χ0v) is 12.2. The van der Waals surface area contributed by atoms with E-state index in [1.165, 1.54) is 0 Å². The van der Waals surface area contributed by atoms with Crippen molar-refractivity contribution in [3.63, 3.8) is 0 Å². The predicted octanol–water partition coefficient (Wildman–Crippen LogP) is 2.98. The largest absolute Gasteiger partial charge is 0.477 e. The topological polar surface area (TPSA) is 68.7 Å². The van der Waals surface area contributed by atoms with Gasteiger partial charge in [0, 0.05) is 12.0 Å². The quantitative estimate of drug-likeness (QED) is 0.794. The molecule has 0 spiro atoms. The summed E-state index contributed by atoms with van der Waals surface area (Å²) < 4.78 is 11.0. The molecule has 1 aromatic heterocycles. The van der Waals surface area contributed by atoms with Crippen LogP contribution in [0.3, 0.4) is 0 Å². The predicted molar refractivity (Wildman–Crippen MR) is 79.9 cm³/mol. The van der Waals surface area contributed by atoms with E-state index in [2.05, 4.69) is 18.8 Å². The second kappa shape index (κ2) is 7.04. The van der Waals surface area contributed by atoms with Crippen LogP contribution in [0.2, 0.25) is 0 Å². The van der Waals surface area contributed by atoms with Crippen molar-refractivity contribution in [2.75, 3.05) is 19.8 Å². The minimum Gasteiger partial charge on any atom is -0.477 e. The average Bonchev–Trinajstić information content (AvgIpc) is 2.46. The summed E-state index contributed by atoms with van der Waals surface area (Å²) >= 11 is 0. The van der Waals surface area contributed by atoms with Crippen molar-refractivity contribution < 1.29 is 19.4 Å². The van der Waals surface area contributed by atoms with Crippen molar-refractivity contribution in [3.05, 3.63) is 36.0 Å². The Kier molecular flexibility index (Phi) is 5.11. The lowest BCUT2D eigenvalue weighted by Gasteiger charge is -2.10. The van der Waals surface area contributed by atoms with E-state index in [0.29, 0.717) is 31.6 Å². The molecule has 2 rings (SSSR count). The van der Waals surface area contributed by atoms with E-state index < -0.39 is 5.97 Å². The van der Waals surface area contributed by atoms with E-state index in [0.717, 1.165) is 10.8 Å². The molecular weight excluding hydrogens is 270 g/mol. The number of ether oxygens (including phenoxy) is 2. The summed E-state index contributed by atoms with van der Waals surface area (Å²) in [4.78, 5) is 15.2. The maximum absolute atomic E-state index is 11.1. The van der Waals surface area contributed by atoms with E-state index in [4.69, 9.17) is 14.6 Å². The second-order valence-corrected chi connectivity index (χ2v) is 5.16. The van der Waals surface area contributed by atoms with E-state index >= 15 is 0 Å². The van der Waals surface area contributed by atoms with E-state index in [1.807, 2.05) is 24.3 Å². The van der Waals surface area contributed by atoms with E-state index in [-0.39, 0.29) is 5.69 Å². The number of aromatic nitrogens is 1. The molecule has 0 radical (unpaired) electrons. The first-order chi connectivity index (χ1) is 10.1. The molecule has 5 heteroatoms. The van der Waals surface area contributed by atoms with Gasteiger partial charge in [-0.15, -0.1) is 0 Å². The lowest BCUT2D eigenvalue weighted by Crippen LogP contribution is -2.12. The number of carboxylic acids is 1. The van der Waals surface area contributed by atoms with Gasteiger partial charge < -0.3 is 14.6 Å². The Balaban J connectivity index is 2.12. The molecular formula is C16H19NO4. The fourth-order valence-electron chi connectivity index (χ4n) is 1.90. The van der Waals surface area contributed by atoms with Crippen LogP contribution in [0.15, 0.2) is 30.3 Å². The van der Waals surface area contributed by atoms with E-state index in [1.54, 1.807) is 6.07 Å². The number of hydrogen-bond donors (Lipinski definition) is 1. The number of carboxylic acid groups (broad SMARTS) is 1. The second-order valence-electron chi connectivity index (χ2n) is 5.16. The molecule has 112 valence electrons. The molecule has 0 aliphatic carbocycles. The van der Waals surface area contributed by atoms with Crippen molar-refractivity contribution in [1.82, 2.24) is 4.98 Å². The molecule has 0 bridgehead atoms. The number of hydrogen-bond acceptors (Lipinski definition) is 4. The normalized spacial score (nSPS) is 11.0. The van der Waals surface area contributed by atoms with Crippen LogP contribution in [-0.2, 0) is 4.74 Å². The van der Waals surface area contributed by atoms with Gasteiger partial charge in [0.1, 0.15) is 6.61 Å². The third-order valence-corrected chi connectivity index (χ3v) is 2.84. The van der Waals surface area contributed by atoms with Crippen LogP contribution in [0.5, 0.6) is 5.88 Å². The summed E-state index contributed by atoms with van der Waals surface area (Å²) in [5, 5.41) is 10.7. The van der Waals surface area contributed by atoms with Gasteiger partial charge in [-0.25, -0.2) is 9.78 Å². The number of pyridine rings is 1. The number of carbonyl (C=O) groups is 1. The van der Waals surface area contributed by atoms with Crippen LogP contribution in [0.25, 0.3) is 10.8 Å². The highest BCUT2D eigenvalue weighted by Gasteiger charge is 2.11. The lowest BCUT2D eigenvalue weighted by molar-refractivity contribution is 0.0686. The van der Waals surface area contributed by atoms with Gasteiger partial charge in [0.15, 0.2) is 5.69 Å². The maximum Gasteiger partial charge on any atom is 0.354 e. The van der Waals surface area contributed by atoms with Crippen molar-refractivity contribution >= 4 is 16.7 Å². The van der Waals surface area contributed by atoms with Crippen LogP contribution < -0.4 is 4.74 Å². The molecule has 0 unspecified atom stereocenters. The Morgan fingerprint density at radius 1 is 1.29 bits per heavy atom. The minimum absolute atomic E-state index is 0.0215. The van der Waals surface area contributed by atoms with Crippen LogP contribution in [0, 0.1) is 5.92 Å². The zero-order valence-electron chi connectivity index (χ0n) is 12.2. The van der Waals surface area contributed by atoms with Crippen molar-refractivity contribution in [2.24, 2.45) is 5.92 Å². The van der Waals surface area contributed by atoms with Gasteiger partial charge in [-0.2, -0.15) is 0 Å². The molecule has 1 heterocycles. The lowest BCUT2D eigenvalue weighted by atomic mass is 10.1. The summed E-state index contributed by atoms with van der Waals surface area (Å²) in [6.07, 6.45) is 0. The van der Waals surface area contributed by atoms with Gasteiger partial charge in [0.25, 0.3) is 0 Å². The SMILES string of the molecule is CC(C)COCCOc1nc(C(=O)O)cc2ccccc12. The molecule has 0 saturated heterocycles.